The summed E-state index contributed by atoms with van der Waals surface area (Å²) in [4.78, 5) is 42.5. The first kappa shape index (κ1) is 22.8. The summed E-state index contributed by atoms with van der Waals surface area (Å²) in [6.45, 7) is 3.73. The number of hydrogen-bond donors (Lipinski definition) is 1. The Morgan fingerprint density at radius 3 is 2.29 bits per heavy atom. The van der Waals surface area contributed by atoms with Crippen LogP contribution in [0.5, 0.6) is 0 Å². The number of nitrogens with one attached hydrogen (secondary N) is 1. The van der Waals surface area contributed by atoms with Gasteiger partial charge in [0.2, 0.25) is 5.91 Å². The number of para-hydroxylation sites is 1. The Kier molecular flexibility index (Phi) is 6.36. The average Bonchev–Trinajstić information content (AvgIpc) is 3.33. The fourth-order valence-electron chi connectivity index (χ4n) is 4.90. The minimum absolute atomic E-state index is 0.0335. The largest absolute Gasteiger partial charge is 0.338 e. The molecule has 2 aliphatic heterocycles. The molecule has 0 aromatic heterocycles. The SMILES string of the molecule is Cc1ccc(C(=O)N2CCCC(C(=O)Nc3ccc(C(=O)N4CCc5ccccc54)cc3)C2)cc1. The van der Waals surface area contributed by atoms with Crippen LogP contribution in [0.15, 0.2) is 72.8 Å². The van der Waals surface area contributed by atoms with E-state index < -0.39 is 0 Å². The predicted molar refractivity (Wildman–Crippen MR) is 137 cm³/mol. The highest BCUT2D eigenvalue weighted by Gasteiger charge is 2.29. The van der Waals surface area contributed by atoms with Crippen molar-refractivity contribution in [2.45, 2.75) is 26.2 Å². The Hall–Kier alpha value is -3.93. The molecule has 0 bridgehead atoms. The fourth-order valence-corrected chi connectivity index (χ4v) is 4.90. The number of carbonyl (C=O) groups excluding carboxylic acids is 3. The highest BCUT2D eigenvalue weighted by molar-refractivity contribution is 6.07. The zero-order valence-corrected chi connectivity index (χ0v) is 19.9. The number of likely N-dealkylation sites (tertiary alicyclic amines) is 1. The van der Waals surface area contributed by atoms with Crippen LogP contribution in [-0.2, 0) is 11.2 Å². The minimum Gasteiger partial charge on any atom is -0.338 e. The van der Waals surface area contributed by atoms with Gasteiger partial charge in [-0.1, -0.05) is 35.9 Å². The number of carbonyl (C=O) groups is 3. The molecule has 2 heterocycles. The molecule has 35 heavy (non-hydrogen) atoms. The van der Waals surface area contributed by atoms with E-state index in [4.69, 9.17) is 0 Å². The molecular weight excluding hydrogens is 438 g/mol. The molecule has 6 nitrogen and oxygen atoms in total. The third-order valence-electron chi connectivity index (χ3n) is 6.91. The van der Waals surface area contributed by atoms with Gasteiger partial charge >= 0.3 is 0 Å². The Bertz CT molecular complexity index is 1250. The summed E-state index contributed by atoms with van der Waals surface area (Å²) >= 11 is 0. The maximum Gasteiger partial charge on any atom is 0.258 e. The number of benzene rings is 3. The highest BCUT2D eigenvalue weighted by Crippen LogP contribution is 2.29. The van der Waals surface area contributed by atoms with E-state index in [1.54, 1.807) is 29.2 Å². The molecule has 2 aliphatic rings. The third kappa shape index (κ3) is 4.83. The zero-order valence-electron chi connectivity index (χ0n) is 19.9. The monoisotopic (exact) mass is 467 g/mol. The molecule has 3 aromatic carbocycles. The molecule has 1 fully saturated rings. The molecular formula is C29H29N3O3. The molecule has 1 atom stereocenters. The lowest BCUT2D eigenvalue weighted by atomic mass is 9.96. The number of rotatable bonds is 4. The van der Waals surface area contributed by atoms with Crippen LogP contribution in [0.2, 0.25) is 0 Å². The van der Waals surface area contributed by atoms with Gasteiger partial charge in [0.1, 0.15) is 0 Å². The Morgan fingerprint density at radius 1 is 0.829 bits per heavy atom. The standard InChI is InChI=1S/C29H29N3O3/c1-20-8-10-22(11-9-20)28(34)31-17-4-6-24(19-31)27(33)30-25-14-12-23(13-15-25)29(35)32-18-16-21-5-2-3-7-26(21)32/h2-3,5,7-15,24H,4,6,16-19H2,1H3,(H,30,33). The van der Waals surface area contributed by atoms with Crippen LogP contribution < -0.4 is 10.2 Å². The van der Waals surface area contributed by atoms with Crippen molar-refractivity contribution in [2.24, 2.45) is 5.92 Å². The van der Waals surface area contributed by atoms with Gasteiger partial charge in [0.15, 0.2) is 0 Å². The molecule has 0 saturated carbocycles. The van der Waals surface area contributed by atoms with Crippen molar-refractivity contribution in [1.82, 2.24) is 4.90 Å². The third-order valence-corrected chi connectivity index (χ3v) is 6.91. The van der Waals surface area contributed by atoms with Gasteiger partial charge in [-0.3, -0.25) is 14.4 Å². The summed E-state index contributed by atoms with van der Waals surface area (Å²) in [7, 11) is 0. The van der Waals surface area contributed by atoms with Crippen molar-refractivity contribution in [1.29, 1.82) is 0 Å². The number of fused-ring (bicyclic) bond motifs is 1. The normalized spacial score (nSPS) is 17.1. The summed E-state index contributed by atoms with van der Waals surface area (Å²) < 4.78 is 0. The van der Waals surface area contributed by atoms with Crippen LogP contribution in [0.1, 0.15) is 44.7 Å². The minimum atomic E-state index is -0.263. The molecule has 1 saturated heterocycles. The highest BCUT2D eigenvalue weighted by atomic mass is 16.2. The van der Waals surface area contributed by atoms with Crippen molar-refractivity contribution in [3.05, 3.63) is 95.1 Å². The maximum absolute atomic E-state index is 13.0. The van der Waals surface area contributed by atoms with Gasteiger partial charge in [-0.15, -0.1) is 0 Å². The van der Waals surface area contributed by atoms with Crippen molar-refractivity contribution in [3.63, 3.8) is 0 Å². The average molecular weight is 468 g/mol. The Balaban J connectivity index is 1.20. The topological polar surface area (TPSA) is 69.7 Å². The molecule has 5 rings (SSSR count). The van der Waals surface area contributed by atoms with E-state index >= 15 is 0 Å². The molecule has 3 amide bonds. The summed E-state index contributed by atoms with van der Waals surface area (Å²) in [5.41, 5.74) is 5.15. The molecule has 0 radical (unpaired) electrons. The lowest BCUT2D eigenvalue weighted by molar-refractivity contribution is -0.121. The Morgan fingerprint density at radius 2 is 1.51 bits per heavy atom. The van der Waals surface area contributed by atoms with Gasteiger partial charge in [-0.25, -0.2) is 0 Å². The van der Waals surface area contributed by atoms with Gasteiger partial charge in [0, 0.05) is 42.1 Å². The van der Waals surface area contributed by atoms with Crippen molar-refractivity contribution in [3.8, 4) is 0 Å². The van der Waals surface area contributed by atoms with Crippen LogP contribution in [0.4, 0.5) is 11.4 Å². The van der Waals surface area contributed by atoms with E-state index in [1.165, 1.54) is 5.56 Å². The van der Waals surface area contributed by atoms with E-state index in [0.29, 0.717) is 36.4 Å². The van der Waals surface area contributed by atoms with E-state index in [0.717, 1.165) is 30.5 Å². The van der Waals surface area contributed by atoms with Gasteiger partial charge in [-0.2, -0.15) is 0 Å². The second-order valence-corrected chi connectivity index (χ2v) is 9.36. The van der Waals surface area contributed by atoms with Crippen molar-refractivity contribution >= 4 is 29.1 Å². The second-order valence-electron chi connectivity index (χ2n) is 9.36. The summed E-state index contributed by atoms with van der Waals surface area (Å²) in [5.74, 6) is -0.432. The van der Waals surface area contributed by atoms with E-state index in [-0.39, 0.29) is 23.6 Å². The smallest absolute Gasteiger partial charge is 0.258 e. The number of amides is 3. The lowest BCUT2D eigenvalue weighted by Gasteiger charge is -2.32. The fraction of sp³-hybridized carbons (Fsp3) is 0.276. The van der Waals surface area contributed by atoms with Crippen molar-refractivity contribution < 1.29 is 14.4 Å². The lowest BCUT2D eigenvalue weighted by Crippen LogP contribution is -2.43. The van der Waals surface area contributed by atoms with Crippen LogP contribution in [0, 0.1) is 12.8 Å². The van der Waals surface area contributed by atoms with Gasteiger partial charge in [0.25, 0.3) is 11.8 Å². The maximum atomic E-state index is 13.0. The van der Waals surface area contributed by atoms with Crippen LogP contribution in [-0.4, -0.2) is 42.3 Å². The summed E-state index contributed by atoms with van der Waals surface area (Å²) in [6, 6.07) is 22.6. The van der Waals surface area contributed by atoms with E-state index in [1.807, 2.05) is 54.3 Å². The van der Waals surface area contributed by atoms with E-state index in [2.05, 4.69) is 11.4 Å². The summed E-state index contributed by atoms with van der Waals surface area (Å²) in [5, 5.41) is 2.97. The number of nitrogens with zero attached hydrogens (tertiary/aromatic N) is 2. The van der Waals surface area contributed by atoms with E-state index in [9.17, 15) is 14.4 Å². The van der Waals surface area contributed by atoms with Crippen molar-refractivity contribution in [2.75, 3.05) is 29.9 Å². The first-order valence-corrected chi connectivity index (χ1v) is 12.2. The zero-order chi connectivity index (χ0) is 24.4. The van der Waals surface area contributed by atoms with Gasteiger partial charge in [-0.05, 0) is 74.2 Å². The second kappa shape index (κ2) is 9.74. The summed E-state index contributed by atoms with van der Waals surface area (Å²) in [6.07, 6.45) is 2.40. The number of aryl methyl sites for hydroxylation is 1. The first-order valence-electron chi connectivity index (χ1n) is 12.2. The molecule has 1 unspecified atom stereocenters. The first-order chi connectivity index (χ1) is 17.0. The predicted octanol–water partition coefficient (Wildman–Crippen LogP) is 4.69. The molecule has 0 aliphatic carbocycles. The van der Waals surface area contributed by atoms with Crippen LogP contribution in [0.25, 0.3) is 0 Å². The Labute approximate surface area is 205 Å². The van der Waals surface area contributed by atoms with Gasteiger partial charge < -0.3 is 15.1 Å². The molecule has 0 spiro atoms. The molecule has 178 valence electrons. The number of hydrogen-bond acceptors (Lipinski definition) is 3. The van der Waals surface area contributed by atoms with Gasteiger partial charge in [0.05, 0.1) is 5.92 Å². The van der Waals surface area contributed by atoms with Crippen LogP contribution >= 0.6 is 0 Å². The molecule has 3 aromatic rings. The van der Waals surface area contributed by atoms with Crippen LogP contribution in [0.3, 0.4) is 0 Å². The molecule has 6 heteroatoms. The molecule has 1 N–H and O–H groups in total. The quantitative estimate of drug-likeness (QED) is 0.605. The number of piperidine rings is 1. The number of anilines is 2.